The van der Waals surface area contributed by atoms with Gasteiger partial charge in [-0.15, -0.1) is 0 Å². The minimum Gasteiger partial charge on any atom is -0.632 e. The molecule has 13 nitrogen and oxygen atoms in total. The van der Waals surface area contributed by atoms with Crippen LogP contribution < -0.4 is 21.3 Å². The molecule has 53 heavy (non-hydrogen) atoms. The Morgan fingerprint density at radius 2 is 1.21 bits per heavy atom. The summed E-state index contributed by atoms with van der Waals surface area (Å²) in [5.41, 5.74) is 0.814. The van der Waals surface area contributed by atoms with Crippen LogP contribution in [-0.2, 0) is 46.3 Å². The number of carbonyl (C=O) groups excluding carboxylic acids is 5. The van der Waals surface area contributed by atoms with Crippen molar-refractivity contribution in [2.45, 2.75) is 96.5 Å². The molecule has 2 heterocycles. The maximum atomic E-state index is 14.1. The molecule has 4 N–H and O–H groups in total. The predicted molar refractivity (Wildman–Crippen MR) is 200 cm³/mol. The minimum atomic E-state index is -1.06. The summed E-state index contributed by atoms with van der Waals surface area (Å²) in [7, 11) is 0. The van der Waals surface area contributed by atoms with Gasteiger partial charge < -0.3 is 40.6 Å². The Morgan fingerprint density at radius 1 is 0.717 bits per heavy atom. The molecule has 2 aliphatic rings. The highest BCUT2D eigenvalue weighted by Crippen LogP contribution is 2.29. The second-order valence-electron chi connectivity index (χ2n) is 15.4. The van der Waals surface area contributed by atoms with E-state index in [2.05, 4.69) is 21.3 Å². The second kappa shape index (κ2) is 19.2. The van der Waals surface area contributed by atoms with Gasteiger partial charge in [-0.05, 0) is 55.6 Å². The average molecular weight is 736 g/mol. The summed E-state index contributed by atoms with van der Waals surface area (Å²) in [6, 6.07) is 14.8. The molecule has 13 heteroatoms. The van der Waals surface area contributed by atoms with Crippen molar-refractivity contribution in [3.05, 3.63) is 77.0 Å². The highest BCUT2D eigenvalue weighted by atomic mass is 16.6. The zero-order valence-corrected chi connectivity index (χ0v) is 31.7. The van der Waals surface area contributed by atoms with Crippen LogP contribution >= 0.6 is 0 Å². The molecule has 0 aliphatic carbocycles. The van der Waals surface area contributed by atoms with Crippen molar-refractivity contribution in [2.24, 2.45) is 11.8 Å². The summed E-state index contributed by atoms with van der Waals surface area (Å²) in [6.07, 6.45) is 1.49. The molecule has 0 spiro atoms. The second-order valence-corrected chi connectivity index (χ2v) is 15.4. The van der Waals surface area contributed by atoms with E-state index >= 15 is 0 Å². The Balaban J connectivity index is 1.52. The quantitative estimate of drug-likeness (QED) is 0.0911. The molecule has 1 unspecified atom stereocenters. The summed E-state index contributed by atoms with van der Waals surface area (Å²) >= 11 is 0. The van der Waals surface area contributed by atoms with Crippen molar-refractivity contribution in [1.29, 1.82) is 0 Å². The smallest absolute Gasteiger partial charge is 0.276 e. The van der Waals surface area contributed by atoms with Crippen molar-refractivity contribution in [3.8, 4) is 0 Å². The number of nitrogens with zero attached hydrogens (tertiary/aromatic N) is 1. The summed E-state index contributed by atoms with van der Waals surface area (Å²) in [5, 5.41) is 24.5. The van der Waals surface area contributed by atoms with Crippen LogP contribution in [0.2, 0.25) is 0 Å². The number of amides is 4. The topological polar surface area (TPSA) is 178 Å². The van der Waals surface area contributed by atoms with Gasteiger partial charge in [0.05, 0.1) is 25.9 Å². The van der Waals surface area contributed by atoms with E-state index in [0.717, 1.165) is 11.1 Å². The van der Waals surface area contributed by atoms with Crippen molar-refractivity contribution in [3.63, 3.8) is 0 Å². The Morgan fingerprint density at radius 3 is 1.77 bits per heavy atom. The first-order valence-electron chi connectivity index (χ1n) is 18.8. The fourth-order valence-corrected chi connectivity index (χ4v) is 6.46. The lowest BCUT2D eigenvalue weighted by Crippen LogP contribution is -2.60. The molecule has 0 radical (unpaired) electrons. The molecule has 2 saturated heterocycles. The highest BCUT2D eigenvalue weighted by molar-refractivity contribution is 5.98. The number of aryl methyl sites for hydroxylation is 1. The maximum absolute atomic E-state index is 14.1. The van der Waals surface area contributed by atoms with E-state index in [4.69, 9.17) is 9.47 Å². The number of ketones is 1. The number of epoxide rings is 1. The number of rotatable bonds is 20. The Hall–Kier alpha value is -4.17. The lowest BCUT2D eigenvalue weighted by atomic mass is 9.93. The molecule has 4 rings (SSSR count). The zero-order valence-electron chi connectivity index (χ0n) is 31.7. The highest BCUT2D eigenvalue weighted by Gasteiger charge is 2.50. The first kappa shape index (κ1) is 41.6. The van der Waals surface area contributed by atoms with Crippen molar-refractivity contribution in [1.82, 2.24) is 21.3 Å². The van der Waals surface area contributed by atoms with Gasteiger partial charge in [0, 0.05) is 6.42 Å². The number of hydroxylamine groups is 3. The number of hydrogen-bond acceptors (Lipinski definition) is 8. The first-order chi connectivity index (χ1) is 25.2. The van der Waals surface area contributed by atoms with Crippen LogP contribution in [-0.4, -0.2) is 103 Å². The van der Waals surface area contributed by atoms with Gasteiger partial charge in [-0.25, -0.2) is 0 Å². The van der Waals surface area contributed by atoms with Crippen LogP contribution in [0.15, 0.2) is 60.7 Å². The molecule has 290 valence electrons. The van der Waals surface area contributed by atoms with Crippen LogP contribution in [0.1, 0.15) is 65.0 Å². The summed E-state index contributed by atoms with van der Waals surface area (Å²) < 4.78 is 9.95. The molecule has 2 aromatic rings. The van der Waals surface area contributed by atoms with E-state index < -0.39 is 58.0 Å². The van der Waals surface area contributed by atoms with Gasteiger partial charge in [0.25, 0.3) is 5.91 Å². The van der Waals surface area contributed by atoms with E-state index in [1.165, 1.54) is 0 Å². The largest absolute Gasteiger partial charge is 0.632 e. The van der Waals surface area contributed by atoms with Crippen LogP contribution in [0.3, 0.4) is 0 Å². The van der Waals surface area contributed by atoms with Gasteiger partial charge in [0.1, 0.15) is 36.8 Å². The number of Topliss-reactive ketones (excluding diaryl/α,β-unsaturated/α-hetero) is 1. The molecule has 5 atom stereocenters. The van der Waals surface area contributed by atoms with Gasteiger partial charge in [-0.3, -0.25) is 24.0 Å². The van der Waals surface area contributed by atoms with Gasteiger partial charge in [-0.2, -0.15) is 0 Å². The van der Waals surface area contributed by atoms with Gasteiger partial charge in [0.2, 0.25) is 17.7 Å². The molecule has 0 saturated carbocycles. The third kappa shape index (κ3) is 13.3. The van der Waals surface area contributed by atoms with E-state index in [1.807, 2.05) is 88.4 Å². The normalized spacial score (nSPS) is 20.1. The molecular formula is C40H57N5O8. The van der Waals surface area contributed by atoms with Gasteiger partial charge in [0.15, 0.2) is 12.3 Å². The van der Waals surface area contributed by atoms with Crippen LogP contribution in [0, 0.1) is 17.0 Å². The monoisotopic (exact) mass is 735 g/mol. The molecule has 2 aliphatic heterocycles. The zero-order chi connectivity index (χ0) is 38.6. The number of ether oxygens (including phenoxy) is 2. The van der Waals surface area contributed by atoms with Crippen LogP contribution in [0.25, 0.3) is 0 Å². The third-order valence-electron chi connectivity index (χ3n) is 9.63. The minimum absolute atomic E-state index is 0.0247. The Kier molecular flexibility index (Phi) is 15.1. The van der Waals surface area contributed by atoms with E-state index in [0.29, 0.717) is 12.8 Å². The van der Waals surface area contributed by atoms with Gasteiger partial charge >= 0.3 is 0 Å². The lowest BCUT2D eigenvalue weighted by molar-refractivity contribution is -0.880. The van der Waals surface area contributed by atoms with Crippen LogP contribution in [0.5, 0.6) is 0 Å². The van der Waals surface area contributed by atoms with E-state index in [9.17, 15) is 29.2 Å². The van der Waals surface area contributed by atoms with Gasteiger partial charge in [-0.1, -0.05) is 88.4 Å². The van der Waals surface area contributed by atoms with Crippen molar-refractivity contribution in [2.75, 3.05) is 39.5 Å². The number of morpholine rings is 1. The third-order valence-corrected chi connectivity index (χ3v) is 9.63. The number of quaternary nitrogens is 1. The molecule has 0 bridgehead atoms. The Labute approximate surface area is 313 Å². The molecule has 2 aromatic carbocycles. The lowest BCUT2D eigenvalue weighted by Gasteiger charge is -2.44. The van der Waals surface area contributed by atoms with E-state index in [1.54, 1.807) is 6.92 Å². The Bertz CT molecular complexity index is 1530. The summed E-state index contributed by atoms with van der Waals surface area (Å²) in [5.74, 6) is -2.36. The SMILES string of the molecule is CC(C)C[C@H](NC(=O)[C@H](CCc1ccccc1)NC(=O)C[N+]1([O-])CCOCC1)C(=O)N[C@@H](Cc1ccccc1)C(=O)N[C@H](CC(C)C)C(=O)C1(C)CO1. The van der Waals surface area contributed by atoms with Crippen molar-refractivity contribution < 1.29 is 38.1 Å². The standard InChI is InChI=1S/C40H57N5O8/c1-27(2)22-32(36(47)40(5)26-53-40)42-39(50)34(24-30-14-10-7-11-15-30)44-38(49)33(23-28(3)4)43-37(48)31(17-16-29-12-8-6-9-13-29)41-35(46)25-45(51)18-20-52-21-19-45/h6-15,27-28,31-34H,16-26H2,1-5H3,(H,41,46)(H,42,50)(H,43,48)(H,44,49)/t31-,32+,33-,34-,40?/m0/s1. The summed E-state index contributed by atoms with van der Waals surface area (Å²) in [6.45, 7) is 10.2. The predicted octanol–water partition coefficient (Wildman–Crippen LogP) is 2.60. The first-order valence-corrected chi connectivity index (χ1v) is 18.8. The molecule has 2 fully saturated rings. The molecule has 4 amide bonds. The number of carbonyl (C=O) groups is 5. The van der Waals surface area contributed by atoms with Crippen molar-refractivity contribution >= 4 is 29.4 Å². The van der Waals surface area contributed by atoms with Crippen LogP contribution in [0.4, 0.5) is 0 Å². The fraction of sp³-hybridized carbons (Fsp3) is 0.575. The number of nitrogens with one attached hydrogen (secondary N) is 4. The molecular weight excluding hydrogens is 678 g/mol. The molecule has 0 aromatic heterocycles. The van der Waals surface area contributed by atoms with E-state index in [-0.39, 0.29) is 76.3 Å². The maximum Gasteiger partial charge on any atom is 0.276 e. The number of hydrogen-bond donors (Lipinski definition) is 4. The average Bonchev–Trinajstić information content (AvgIpc) is 3.87. The fourth-order valence-electron chi connectivity index (χ4n) is 6.46. The summed E-state index contributed by atoms with van der Waals surface area (Å²) in [4.78, 5) is 68.5. The number of benzene rings is 2.